The van der Waals surface area contributed by atoms with Crippen LogP contribution in [0.2, 0.25) is 0 Å². The monoisotopic (exact) mass is 197 g/mol. The van der Waals surface area contributed by atoms with Crippen LogP contribution in [-0.4, -0.2) is 11.8 Å². The fourth-order valence-electron chi connectivity index (χ4n) is 1.06. The molecule has 0 unspecified atom stereocenters. The maximum atomic E-state index is 10.9. The maximum Gasteiger partial charge on any atom is 0.239 e. The topological polar surface area (TPSA) is 29.1 Å². The van der Waals surface area contributed by atoms with Crippen LogP contribution in [0.25, 0.3) is 0 Å². The number of nitrogens with one attached hydrogen (secondary N) is 1. The number of carbonyl (C=O) groups excluding carboxylic acids is 1. The quantitative estimate of drug-likeness (QED) is 0.741. The summed E-state index contributed by atoms with van der Waals surface area (Å²) in [6.07, 6.45) is 0.963. The zero-order chi connectivity index (χ0) is 9.68. The zero-order valence-electron chi connectivity index (χ0n) is 7.51. The Morgan fingerprint density at radius 1 is 1.54 bits per heavy atom. The van der Waals surface area contributed by atoms with E-state index in [1.165, 1.54) is 5.56 Å². The van der Waals surface area contributed by atoms with Gasteiger partial charge in [-0.25, -0.2) is 0 Å². The summed E-state index contributed by atoms with van der Waals surface area (Å²) in [5, 5.41) is 2.70. The van der Waals surface area contributed by atoms with E-state index in [1.807, 2.05) is 24.3 Å². The number of rotatable bonds is 3. The van der Waals surface area contributed by atoms with Gasteiger partial charge in [0.05, 0.1) is 0 Å². The van der Waals surface area contributed by atoms with E-state index in [9.17, 15) is 4.79 Å². The minimum Gasteiger partial charge on any atom is -0.325 e. The molecule has 70 valence electrons. The summed E-state index contributed by atoms with van der Waals surface area (Å²) < 4.78 is 0. The van der Waals surface area contributed by atoms with E-state index in [0.29, 0.717) is 0 Å². The molecule has 0 bridgehead atoms. The zero-order valence-corrected chi connectivity index (χ0v) is 8.27. The first-order chi connectivity index (χ1) is 6.26. The van der Waals surface area contributed by atoms with Crippen molar-refractivity contribution in [3.05, 3.63) is 29.8 Å². The van der Waals surface area contributed by atoms with Crippen molar-refractivity contribution < 1.29 is 4.79 Å². The number of halogens is 1. The molecule has 0 aromatic heterocycles. The summed E-state index contributed by atoms with van der Waals surface area (Å²) in [6, 6.07) is 7.74. The van der Waals surface area contributed by atoms with Gasteiger partial charge in [0, 0.05) is 5.69 Å². The standard InChI is InChI=1S/C10H12ClNO/c1-2-8-4-3-5-9(6-8)12-10(13)7-11/h3-6H,2,7H2,1H3,(H,12,13). The van der Waals surface area contributed by atoms with Gasteiger partial charge in [-0.2, -0.15) is 0 Å². The van der Waals surface area contributed by atoms with Crippen molar-refractivity contribution in [1.29, 1.82) is 0 Å². The van der Waals surface area contributed by atoms with Crippen LogP contribution in [0.5, 0.6) is 0 Å². The van der Waals surface area contributed by atoms with Crippen LogP contribution in [0.15, 0.2) is 24.3 Å². The molecule has 1 N–H and O–H groups in total. The Morgan fingerprint density at radius 2 is 2.31 bits per heavy atom. The Hall–Kier alpha value is -1.02. The summed E-state index contributed by atoms with van der Waals surface area (Å²) in [4.78, 5) is 10.9. The summed E-state index contributed by atoms with van der Waals surface area (Å²) in [6.45, 7) is 2.07. The van der Waals surface area contributed by atoms with Gasteiger partial charge in [-0.1, -0.05) is 19.1 Å². The third-order valence-electron chi connectivity index (χ3n) is 1.74. The molecular formula is C10H12ClNO. The molecule has 0 radical (unpaired) electrons. The van der Waals surface area contributed by atoms with Gasteiger partial charge in [-0.15, -0.1) is 11.6 Å². The third-order valence-corrected chi connectivity index (χ3v) is 1.98. The number of aryl methyl sites for hydroxylation is 1. The lowest BCUT2D eigenvalue weighted by atomic mass is 10.1. The van der Waals surface area contributed by atoms with Crippen LogP contribution in [0, 0.1) is 0 Å². The number of anilines is 1. The minimum atomic E-state index is -0.171. The maximum absolute atomic E-state index is 10.9. The number of amides is 1. The predicted octanol–water partition coefficient (Wildman–Crippen LogP) is 2.43. The molecule has 0 saturated heterocycles. The molecule has 0 spiro atoms. The molecule has 0 fully saturated rings. The molecule has 0 saturated carbocycles. The average Bonchev–Trinajstić information content (AvgIpc) is 2.18. The molecule has 0 aliphatic heterocycles. The van der Waals surface area contributed by atoms with Gasteiger partial charge in [0.2, 0.25) is 5.91 Å². The van der Waals surface area contributed by atoms with Gasteiger partial charge in [-0.05, 0) is 24.1 Å². The Balaban J connectivity index is 2.71. The number of hydrogen-bond donors (Lipinski definition) is 1. The molecule has 13 heavy (non-hydrogen) atoms. The van der Waals surface area contributed by atoms with Crippen molar-refractivity contribution >= 4 is 23.2 Å². The average molecular weight is 198 g/mol. The van der Waals surface area contributed by atoms with E-state index >= 15 is 0 Å². The Bertz CT molecular complexity index is 299. The highest BCUT2D eigenvalue weighted by Gasteiger charge is 1.99. The molecule has 1 aromatic rings. The van der Waals surface area contributed by atoms with Crippen molar-refractivity contribution in [2.45, 2.75) is 13.3 Å². The highest BCUT2D eigenvalue weighted by atomic mass is 35.5. The fraction of sp³-hybridized carbons (Fsp3) is 0.300. The lowest BCUT2D eigenvalue weighted by Gasteiger charge is -2.04. The number of hydrogen-bond acceptors (Lipinski definition) is 1. The number of carbonyl (C=O) groups is 1. The van der Waals surface area contributed by atoms with Crippen LogP contribution >= 0.6 is 11.6 Å². The predicted molar refractivity (Wildman–Crippen MR) is 55.2 cm³/mol. The van der Waals surface area contributed by atoms with Crippen molar-refractivity contribution in [3.63, 3.8) is 0 Å². The van der Waals surface area contributed by atoms with E-state index in [1.54, 1.807) is 0 Å². The van der Waals surface area contributed by atoms with E-state index in [4.69, 9.17) is 11.6 Å². The van der Waals surface area contributed by atoms with Crippen molar-refractivity contribution in [2.75, 3.05) is 11.2 Å². The van der Waals surface area contributed by atoms with Crippen LogP contribution in [0.1, 0.15) is 12.5 Å². The van der Waals surface area contributed by atoms with E-state index < -0.39 is 0 Å². The van der Waals surface area contributed by atoms with Gasteiger partial charge in [0.15, 0.2) is 0 Å². The first-order valence-electron chi connectivity index (χ1n) is 4.21. The van der Waals surface area contributed by atoms with Gasteiger partial charge in [-0.3, -0.25) is 4.79 Å². The molecule has 1 rings (SSSR count). The molecular weight excluding hydrogens is 186 g/mol. The SMILES string of the molecule is CCc1cccc(NC(=O)CCl)c1. The molecule has 0 atom stereocenters. The minimum absolute atomic E-state index is 0.00362. The van der Waals surface area contributed by atoms with Crippen LogP contribution in [-0.2, 0) is 11.2 Å². The Kier molecular flexibility index (Phi) is 3.77. The van der Waals surface area contributed by atoms with Gasteiger partial charge in [0.1, 0.15) is 5.88 Å². The number of alkyl halides is 1. The van der Waals surface area contributed by atoms with Gasteiger partial charge in [0.25, 0.3) is 0 Å². The normalized spacial score (nSPS) is 9.69. The summed E-state index contributed by atoms with van der Waals surface area (Å²) in [5.74, 6) is -0.175. The largest absolute Gasteiger partial charge is 0.325 e. The Morgan fingerprint density at radius 3 is 2.92 bits per heavy atom. The second-order valence-corrected chi connectivity index (χ2v) is 3.00. The fourth-order valence-corrected chi connectivity index (χ4v) is 1.13. The van der Waals surface area contributed by atoms with Gasteiger partial charge < -0.3 is 5.32 Å². The highest BCUT2D eigenvalue weighted by Crippen LogP contribution is 2.10. The van der Waals surface area contributed by atoms with E-state index in [2.05, 4.69) is 12.2 Å². The lowest BCUT2D eigenvalue weighted by Crippen LogP contribution is -2.12. The highest BCUT2D eigenvalue weighted by molar-refractivity contribution is 6.29. The van der Waals surface area contributed by atoms with Crippen LogP contribution in [0.4, 0.5) is 5.69 Å². The molecule has 0 heterocycles. The van der Waals surface area contributed by atoms with Crippen molar-refractivity contribution in [2.24, 2.45) is 0 Å². The summed E-state index contributed by atoms with van der Waals surface area (Å²) in [7, 11) is 0. The van der Waals surface area contributed by atoms with E-state index in [0.717, 1.165) is 12.1 Å². The van der Waals surface area contributed by atoms with E-state index in [-0.39, 0.29) is 11.8 Å². The third kappa shape index (κ3) is 3.07. The second-order valence-electron chi connectivity index (χ2n) is 2.74. The number of benzene rings is 1. The van der Waals surface area contributed by atoms with Crippen molar-refractivity contribution in [3.8, 4) is 0 Å². The van der Waals surface area contributed by atoms with Crippen LogP contribution < -0.4 is 5.32 Å². The summed E-state index contributed by atoms with van der Waals surface area (Å²) in [5.41, 5.74) is 2.01. The van der Waals surface area contributed by atoms with Gasteiger partial charge >= 0.3 is 0 Å². The first-order valence-corrected chi connectivity index (χ1v) is 4.74. The van der Waals surface area contributed by atoms with Crippen molar-refractivity contribution in [1.82, 2.24) is 0 Å². The molecule has 0 aliphatic rings. The second kappa shape index (κ2) is 4.87. The lowest BCUT2D eigenvalue weighted by molar-refractivity contribution is -0.113. The molecule has 1 amide bonds. The Labute approximate surface area is 82.9 Å². The molecule has 1 aromatic carbocycles. The molecule has 2 nitrogen and oxygen atoms in total. The summed E-state index contributed by atoms with van der Waals surface area (Å²) >= 11 is 5.36. The first kappa shape index (κ1) is 10.1. The molecule has 0 aliphatic carbocycles. The molecule has 3 heteroatoms. The smallest absolute Gasteiger partial charge is 0.239 e. The van der Waals surface area contributed by atoms with Crippen LogP contribution in [0.3, 0.4) is 0 Å².